The number of halogens is 1. The van der Waals surface area contributed by atoms with Crippen molar-refractivity contribution < 1.29 is 19.6 Å². The van der Waals surface area contributed by atoms with E-state index in [1.165, 1.54) is 10.5 Å². The molecular weight excluding hydrogens is 324 g/mol. The highest BCUT2D eigenvalue weighted by molar-refractivity contribution is 6.30. The zero-order chi connectivity index (χ0) is 16.9. The van der Waals surface area contributed by atoms with E-state index >= 15 is 0 Å². The van der Waals surface area contributed by atoms with Gasteiger partial charge < -0.3 is 19.6 Å². The van der Waals surface area contributed by atoms with Crippen molar-refractivity contribution in [1.82, 2.24) is 0 Å². The molecule has 3 N–H and O–H groups in total. The van der Waals surface area contributed by atoms with Gasteiger partial charge in [-0.25, -0.2) is 0 Å². The molecule has 0 atom stereocenters. The average Bonchev–Trinajstić information content (AvgIpc) is 2.58. The van der Waals surface area contributed by atoms with Crippen LogP contribution in [0, 0.1) is 0 Å². The number of methoxy groups -OCH3 is 1. The second kappa shape index (κ2) is 7.88. The van der Waals surface area contributed by atoms with Gasteiger partial charge >= 0.3 is 0 Å². The molecule has 2 aromatic carbocycles. The van der Waals surface area contributed by atoms with Gasteiger partial charge in [-0.3, -0.25) is 0 Å². The van der Waals surface area contributed by atoms with Gasteiger partial charge in [0.2, 0.25) is 0 Å². The highest BCUT2D eigenvalue weighted by Crippen LogP contribution is 2.21. The Labute approximate surface area is 148 Å². The summed E-state index contributed by atoms with van der Waals surface area (Å²) in [5.74, 6) is 1.16. The van der Waals surface area contributed by atoms with Gasteiger partial charge in [0.05, 0.1) is 12.7 Å². The Bertz CT molecular complexity index is 685. The van der Waals surface area contributed by atoms with Crippen LogP contribution >= 0.6 is 11.6 Å². The van der Waals surface area contributed by atoms with Gasteiger partial charge in [-0.05, 0) is 30.3 Å². The lowest BCUT2D eigenvalue weighted by atomic mass is 10.1. The fourth-order valence-corrected chi connectivity index (χ4v) is 3.56. The maximum absolute atomic E-state index is 10.0. The van der Waals surface area contributed by atoms with E-state index in [0.29, 0.717) is 5.75 Å². The van der Waals surface area contributed by atoms with Gasteiger partial charge in [-0.2, -0.15) is 0 Å². The predicted octanol–water partition coefficient (Wildman–Crippen LogP) is 0.538. The summed E-state index contributed by atoms with van der Waals surface area (Å²) in [6, 6.07) is 13.6. The number of aromatic hydroxyl groups is 1. The quantitative estimate of drug-likeness (QED) is 0.738. The molecular formula is C19H25ClN2O2+2. The van der Waals surface area contributed by atoms with Crippen LogP contribution in [0.25, 0.3) is 0 Å². The third kappa shape index (κ3) is 4.41. The van der Waals surface area contributed by atoms with E-state index in [0.717, 1.165) is 55.6 Å². The zero-order valence-electron chi connectivity index (χ0n) is 14.0. The van der Waals surface area contributed by atoms with Gasteiger partial charge in [-0.1, -0.05) is 23.7 Å². The minimum atomic E-state index is 0.358. The summed E-state index contributed by atoms with van der Waals surface area (Å²) in [7, 11) is 1.65. The van der Waals surface area contributed by atoms with Crippen molar-refractivity contribution in [1.29, 1.82) is 0 Å². The van der Waals surface area contributed by atoms with E-state index in [-0.39, 0.29) is 0 Å². The topological polar surface area (TPSA) is 38.3 Å². The smallest absolute Gasteiger partial charge is 0.127 e. The second-order valence-corrected chi connectivity index (χ2v) is 6.91. The number of quaternary nitrogens is 2. The molecule has 5 heteroatoms. The maximum Gasteiger partial charge on any atom is 0.127 e. The molecule has 0 aliphatic carbocycles. The molecule has 1 heterocycles. The molecule has 1 aliphatic rings. The Hall–Kier alpha value is -1.75. The molecule has 3 rings (SSSR count). The third-order valence-electron chi connectivity index (χ3n) is 4.73. The molecule has 128 valence electrons. The Kier molecular flexibility index (Phi) is 5.61. The van der Waals surface area contributed by atoms with Crippen molar-refractivity contribution in [2.45, 2.75) is 13.1 Å². The molecule has 0 saturated carbocycles. The second-order valence-electron chi connectivity index (χ2n) is 6.48. The average molecular weight is 349 g/mol. The Morgan fingerprint density at radius 2 is 1.71 bits per heavy atom. The lowest BCUT2D eigenvalue weighted by molar-refractivity contribution is -1.02. The fraction of sp³-hybridized carbons (Fsp3) is 0.368. The van der Waals surface area contributed by atoms with Gasteiger partial charge in [0.15, 0.2) is 0 Å². The summed E-state index contributed by atoms with van der Waals surface area (Å²) in [6.07, 6.45) is 0. The van der Waals surface area contributed by atoms with E-state index in [2.05, 4.69) is 12.1 Å². The first-order chi connectivity index (χ1) is 11.6. The van der Waals surface area contributed by atoms with Gasteiger partial charge in [0.1, 0.15) is 50.8 Å². The van der Waals surface area contributed by atoms with E-state index in [1.54, 1.807) is 24.1 Å². The normalized spacial score (nSPS) is 20.8. The first-order valence-corrected chi connectivity index (χ1v) is 8.79. The number of phenolic OH excluding ortho intramolecular Hbond substituents is 1. The van der Waals surface area contributed by atoms with Crippen LogP contribution in [0.2, 0.25) is 5.02 Å². The molecule has 2 aromatic rings. The number of rotatable bonds is 5. The summed E-state index contributed by atoms with van der Waals surface area (Å²) >= 11 is 6.07. The summed E-state index contributed by atoms with van der Waals surface area (Å²) in [5.41, 5.74) is 2.26. The number of nitrogens with one attached hydrogen (secondary N) is 2. The molecule has 24 heavy (non-hydrogen) atoms. The van der Waals surface area contributed by atoms with Crippen LogP contribution < -0.4 is 14.5 Å². The van der Waals surface area contributed by atoms with Crippen molar-refractivity contribution in [3.8, 4) is 11.5 Å². The van der Waals surface area contributed by atoms with E-state index in [1.807, 2.05) is 18.2 Å². The Balaban J connectivity index is 1.54. The number of ether oxygens (including phenoxy) is 1. The van der Waals surface area contributed by atoms with Crippen molar-refractivity contribution in [2.75, 3.05) is 33.3 Å². The molecule has 0 aromatic heterocycles. The van der Waals surface area contributed by atoms with Crippen LogP contribution in [0.3, 0.4) is 0 Å². The van der Waals surface area contributed by atoms with Gasteiger partial charge in [-0.15, -0.1) is 0 Å². The van der Waals surface area contributed by atoms with Crippen molar-refractivity contribution in [3.63, 3.8) is 0 Å². The van der Waals surface area contributed by atoms with E-state index in [9.17, 15) is 5.11 Å². The van der Waals surface area contributed by atoms with Crippen molar-refractivity contribution >= 4 is 11.6 Å². The van der Waals surface area contributed by atoms with Crippen LogP contribution in [0.4, 0.5) is 0 Å². The Morgan fingerprint density at radius 3 is 2.38 bits per heavy atom. The third-order valence-corrected chi connectivity index (χ3v) is 4.97. The van der Waals surface area contributed by atoms with Crippen LogP contribution in [-0.2, 0) is 13.1 Å². The minimum Gasteiger partial charge on any atom is -0.507 e. The molecule has 1 fully saturated rings. The summed E-state index contributed by atoms with van der Waals surface area (Å²) in [4.78, 5) is 3.10. The first-order valence-electron chi connectivity index (χ1n) is 8.41. The molecule has 1 saturated heterocycles. The summed E-state index contributed by atoms with van der Waals surface area (Å²) in [5, 5.41) is 10.9. The van der Waals surface area contributed by atoms with Crippen molar-refractivity contribution in [3.05, 3.63) is 58.6 Å². The lowest BCUT2D eigenvalue weighted by Crippen LogP contribution is -3.27. The molecule has 0 radical (unpaired) electrons. The number of hydrogen-bond donors (Lipinski definition) is 3. The maximum atomic E-state index is 10.0. The number of phenols is 1. The van der Waals surface area contributed by atoms with Gasteiger partial charge in [0, 0.05) is 10.6 Å². The highest BCUT2D eigenvalue weighted by Gasteiger charge is 2.24. The fourth-order valence-electron chi connectivity index (χ4n) is 3.35. The Morgan fingerprint density at radius 1 is 1.00 bits per heavy atom. The molecule has 0 unspecified atom stereocenters. The number of hydrogen-bond acceptors (Lipinski definition) is 2. The van der Waals surface area contributed by atoms with E-state index < -0.39 is 0 Å². The molecule has 0 bridgehead atoms. The van der Waals surface area contributed by atoms with Crippen molar-refractivity contribution in [2.24, 2.45) is 0 Å². The lowest BCUT2D eigenvalue weighted by Gasteiger charge is -2.30. The SMILES string of the molecule is COc1ccc(O)c(C[NH+]2CC[NH+](Cc3cccc(Cl)c3)CC2)c1. The number of benzene rings is 2. The molecule has 1 aliphatic heterocycles. The summed E-state index contributed by atoms with van der Waals surface area (Å²) < 4.78 is 5.26. The largest absolute Gasteiger partial charge is 0.507 e. The van der Waals surface area contributed by atoms with Crippen LogP contribution in [-0.4, -0.2) is 38.4 Å². The summed E-state index contributed by atoms with van der Waals surface area (Å²) in [6.45, 7) is 6.34. The minimum absolute atomic E-state index is 0.358. The van der Waals surface area contributed by atoms with Gasteiger partial charge in [0.25, 0.3) is 0 Å². The highest BCUT2D eigenvalue weighted by atomic mass is 35.5. The van der Waals surface area contributed by atoms with Crippen LogP contribution in [0.1, 0.15) is 11.1 Å². The molecule has 0 spiro atoms. The van der Waals surface area contributed by atoms with Crippen LogP contribution in [0.5, 0.6) is 11.5 Å². The monoisotopic (exact) mass is 348 g/mol. The predicted molar refractivity (Wildman–Crippen MR) is 94.9 cm³/mol. The first kappa shape index (κ1) is 17.1. The van der Waals surface area contributed by atoms with Crippen LogP contribution in [0.15, 0.2) is 42.5 Å². The number of piperazine rings is 1. The zero-order valence-corrected chi connectivity index (χ0v) is 14.8. The molecule has 0 amide bonds. The molecule has 4 nitrogen and oxygen atoms in total. The standard InChI is InChI=1S/C19H23ClN2O2/c1-24-18-5-6-19(23)16(12-18)14-22-9-7-21(8-10-22)13-15-3-2-4-17(20)11-15/h2-6,11-12,23H,7-10,13-14H2,1H3/p+2. The van der Waals surface area contributed by atoms with E-state index in [4.69, 9.17) is 16.3 Å².